The zero-order chi connectivity index (χ0) is 19.4. The van der Waals surface area contributed by atoms with E-state index in [1.807, 2.05) is 6.92 Å². The first kappa shape index (κ1) is 21.4. The van der Waals surface area contributed by atoms with Crippen LogP contribution < -0.4 is 15.4 Å². The van der Waals surface area contributed by atoms with Crippen LogP contribution in [0.5, 0.6) is 0 Å². The highest BCUT2D eigenvalue weighted by molar-refractivity contribution is 7.89. The van der Waals surface area contributed by atoms with E-state index in [1.54, 1.807) is 7.11 Å². The van der Waals surface area contributed by atoms with E-state index in [0.717, 1.165) is 25.8 Å². The lowest BCUT2D eigenvalue weighted by molar-refractivity contribution is -0.176. The van der Waals surface area contributed by atoms with E-state index in [-0.39, 0.29) is 29.4 Å². The van der Waals surface area contributed by atoms with Gasteiger partial charge in [0.2, 0.25) is 10.0 Å². The van der Waals surface area contributed by atoms with Crippen molar-refractivity contribution in [2.75, 3.05) is 32.5 Å². The van der Waals surface area contributed by atoms with Crippen molar-refractivity contribution < 1.29 is 13.2 Å². The highest BCUT2D eigenvalue weighted by Gasteiger charge is 2.58. The number of nitrogens with one attached hydrogen (secondary N) is 3. The number of rotatable bonds is 9. The lowest BCUT2D eigenvalue weighted by atomic mass is 9.56. The summed E-state index contributed by atoms with van der Waals surface area (Å²) < 4.78 is 32.6. The Kier molecular flexibility index (Phi) is 6.96. The topological polar surface area (TPSA) is 91.8 Å². The predicted octanol–water partition coefficient (Wildman–Crippen LogP) is 1.46. The largest absolute Gasteiger partial charge is 0.378 e. The summed E-state index contributed by atoms with van der Waals surface area (Å²) in [7, 11) is -1.51. The van der Waals surface area contributed by atoms with Gasteiger partial charge in [-0.1, -0.05) is 20.3 Å². The average molecular weight is 389 g/mol. The summed E-state index contributed by atoms with van der Waals surface area (Å²) >= 11 is 0. The summed E-state index contributed by atoms with van der Waals surface area (Å²) in [6, 6.07) is 0.235. The highest BCUT2D eigenvalue weighted by atomic mass is 32.2. The molecule has 0 aliphatic heterocycles. The Hall–Kier alpha value is -0.860. The van der Waals surface area contributed by atoms with Crippen LogP contribution in [0.3, 0.4) is 0 Å². The third-order valence-electron chi connectivity index (χ3n) is 6.38. The van der Waals surface area contributed by atoms with Gasteiger partial charge < -0.3 is 15.4 Å². The molecular weight excluding hydrogens is 352 g/mol. The van der Waals surface area contributed by atoms with Crippen molar-refractivity contribution in [1.29, 1.82) is 0 Å². The minimum absolute atomic E-state index is 0.0140. The molecule has 2 aliphatic rings. The summed E-state index contributed by atoms with van der Waals surface area (Å²) in [5.41, 5.74) is -0.189. The minimum atomic E-state index is -3.26. The molecule has 0 heterocycles. The Morgan fingerprint density at radius 1 is 1.27 bits per heavy atom. The molecule has 2 unspecified atom stereocenters. The van der Waals surface area contributed by atoms with Crippen LogP contribution in [0.2, 0.25) is 0 Å². The molecule has 2 atom stereocenters. The first-order valence-corrected chi connectivity index (χ1v) is 11.4. The van der Waals surface area contributed by atoms with Crippen LogP contribution in [-0.2, 0) is 14.8 Å². The lowest BCUT2D eigenvalue weighted by Crippen LogP contribution is -2.69. The Bertz CT molecular complexity index is 602. The van der Waals surface area contributed by atoms with Gasteiger partial charge in [-0.2, -0.15) is 0 Å². The molecule has 152 valence electrons. The molecule has 7 nitrogen and oxygen atoms in total. The fourth-order valence-corrected chi connectivity index (χ4v) is 4.47. The smallest absolute Gasteiger partial charge is 0.213 e. The Labute approximate surface area is 158 Å². The maximum absolute atomic E-state index is 12.1. The maximum Gasteiger partial charge on any atom is 0.213 e. The van der Waals surface area contributed by atoms with Crippen LogP contribution in [0.1, 0.15) is 53.4 Å². The summed E-state index contributed by atoms with van der Waals surface area (Å²) in [4.78, 5) is 4.46. The summed E-state index contributed by atoms with van der Waals surface area (Å²) in [6.45, 7) is 10.0. The number of nitrogens with zero attached hydrogens (tertiary/aromatic N) is 1. The normalized spacial score (nSPS) is 29.0. The molecule has 0 amide bonds. The van der Waals surface area contributed by atoms with E-state index in [9.17, 15) is 8.42 Å². The van der Waals surface area contributed by atoms with Gasteiger partial charge in [0, 0.05) is 31.7 Å². The Morgan fingerprint density at radius 3 is 2.46 bits per heavy atom. The average Bonchev–Trinajstić information content (AvgIpc) is 2.52. The number of aliphatic imine (C=N–C) groups is 1. The van der Waals surface area contributed by atoms with Crippen LogP contribution in [0.4, 0.5) is 0 Å². The van der Waals surface area contributed by atoms with Gasteiger partial charge in [0.15, 0.2) is 5.96 Å². The molecule has 0 saturated heterocycles. The summed E-state index contributed by atoms with van der Waals surface area (Å²) in [5, 5.41) is 6.64. The second-order valence-electron chi connectivity index (χ2n) is 8.28. The first-order valence-electron chi connectivity index (χ1n) is 9.71. The number of guanidine groups is 1. The van der Waals surface area contributed by atoms with E-state index in [2.05, 4.69) is 41.1 Å². The SMILES string of the molecule is CCNC(=NCCS(=O)(=O)NCC1CCC1)NC1CC(C)(OC)C1(C)C. The van der Waals surface area contributed by atoms with Crippen LogP contribution in [0, 0.1) is 11.3 Å². The van der Waals surface area contributed by atoms with Crippen LogP contribution in [-0.4, -0.2) is 58.5 Å². The predicted molar refractivity (Wildman–Crippen MR) is 106 cm³/mol. The molecule has 3 N–H and O–H groups in total. The molecule has 0 bridgehead atoms. The lowest BCUT2D eigenvalue weighted by Gasteiger charge is -2.59. The molecule has 2 saturated carbocycles. The van der Waals surface area contributed by atoms with E-state index < -0.39 is 10.0 Å². The second-order valence-corrected chi connectivity index (χ2v) is 10.2. The minimum Gasteiger partial charge on any atom is -0.378 e. The van der Waals surface area contributed by atoms with Gasteiger partial charge in [0.1, 0.15) is 0 Å². The third-order valence-corrected chi connectivity index (χ3v) is 7.71. The van der Waals surface area contributed by atoms with Gasteiger partial charge in [-0.3, -0.25) is 4.99 Å². The molecule has 0 radical (unpaired) electrons. The van der Waals surface area contributed by atoms with Gasteiger partial charge >= 0.3 is 0 Å². The number of sulfonamides is 1. The van der Waals surface area contributed by atoms with Crippen LogP contribution >= 0.6 is 0 Å². The molecule has 2 rings (SSSR count). The van der Waals surface area contributed by atoms with E-state index in [0.29, 0.717) is 18.4 Å². The van der Waals surface area contributed by atoms with Crippen molar-refractivity contribution in [2.45, 2.75) is 65.0 Å². The van der Waals surface area contributed by atoms with Gasteiger partial charge in [-0.25, -0.2) is 13.1 Å². The zero-order valence-electron chi connectivity index (χ0n) is 16.9. The molecule has 0 aromatic rings. The zero-order valence-corrected chi connectivity index (χ0v) is 17.7. The monoisotopic (exact) mass is 388 g/mol. The van der Waals surface area contributed by atoms with Crippen molar-refractivity contribution in [2.24, 2.45) is 16.3 Å². The molecular formula is C18H36N4O3S. The molecule has 8 heteroatoms. The van der Waals surface area contributed by atoms with Crippen molar-refractivity contribution in [1.82, 2.24) is 15.4 Å². The number of ether oxygens (including phenoxy) is 1. The highest BCUT2D eigenvalue weighted by Crippen LogP contribution is 2.51. The van der Waals surface area contributed by atoms with Crippen molar-refractivity contribution in [3.63, 3.8) is 0 Å². The fourth-order valence-electron chi connectivity index (χ4n) is 3.50. The fraction of sp³-hybridized carbons (Fsp3) is 0.944. The van der Waals surface area contributed by atoms with Crippen LogP contribution in [0.25, 0.3) is 0 Å². The maximum atomic E-state index is 12.1. The summed E-state index contributed by atoms with van der Waals surface area (Å²) in [6.07, 6.45) is 4.37. The van der Waals surface area contributed by atoms with Crippen molar-refractivity contribution >= 4 is 16.0 Å². The van der Waals surface area contributed by atoms with Crippen LogP contribution in [0.15, 0.2) is 4.99 Å². The van der Waals surface area contributed by atoms with Gasteiger partial charge in [0.25, 0.3) is 0 Å². The van der Waals surface area contributed by atoms with Crippen molar-refractivity contribution in [3.05, 3.63) is 0 Å². The van der Waals surface area contributed by atoms with Gasteiger partial charge in [-0.05, 0) is 39.0 Å². The second kappa shape index (κ2) is 8.44. The third kappa shape index (κ3) is 4.89. The summed E-state index contributed by atoms with van der Waals surface area (Å²) in [5.74, 6) is 1.20. The molecule has 0 aromatic heterocycles. The number of methoxy groups -OCH3 is 1. The number of hydrogen-bond donors (Lipinski definition) is 3. The van der Waals surface area contributed by atoms with Crippen molar-refractivity contribution in [3.8, 4) is 0 Å². The van der Waals surface area contributed by atoms with Gasteiger partial charge in [0.05, 0.1) is 17.9 Å². The molecule has 0 spiro atoms. The van der Waals surface area contributed by atoms with E-state index in [1.165, 1.54) is 6.42 Å². The molecule has 26 heavy (non-hydrogen) atoms. The first-order chi connectivity index (χ1) is 12.1. The standard InChI is InChI=1S/C18H36N4O3S/c1-6-19-16(22-15-12-18(4,25-5)17(15,2)3)20-10-11-26(23,24)21-13-14-8-7-9-14/h14-15,21H,6-13H2,1-5H3,(H2,19,20,22). The number of hydrogen-bond acceptors (Lipinski definition) is 4. The Balaban J connectivity index is 1.84. The van der Waals surface area contributed by atoms with Gasteiger partial charge in [-0.15, -0.1) is 0 Å². The molecule has 2 aliphatic carbocycles. The molecule has 0 aromatic carbocycles. The van der Waals surface area contributed by atoms with E-state index >= 15 is 0 Å². The Morgan fingerprint density at radius 2 is 1.96 bits per heavy atom. The van der Waals surface area contributed by atoms with E-state index in [4.69, 9.17) is 4.74 Å². The molecule has 2 fully saturated rings. The quantitative estimate of drug-likeness (QED) is 0.411.